The van der Waals surface area contributed by atoms with E-state index in [0.717, 1.165) is 5.56 Å². The van der Waals surface area contributed by atoms with Crippen LogP contribution in [0, 0.1) is 0 Å². The van der Waals surface area contributed by atoms with Crippen molar-refractivity contribution in [2.45, 2.75) is 6.54 Å². The number of nitrogens with one attached hydrogen (secondary N) is 2. The molecule has 0 unspecified atom stereocenters. The zero-order valence-corrected chi connectivity index (χ0v) is 10.3. The minimum absolute atomic E-state index is 0.128. The molecule has 2 amide bonds. The molecule has 0 saturated heterocycles. The molecule has 0 atom stereocenters. The molecule has 1 aromatic rings. The average molecular weight is 247 g/mol. The summed E-state index contributed by atoms with van der Waals surface area (Å²) < 4.78 is 0. The first-order valence-corrected chi connectivity index (χ1v) is 5.63. The highest BCUT2D eigenvalue weighted by atomic mass is 16.2. The maximum absolute atomic E-state index is 11.3. The molecular formula is C13H17N3O2. The highest BCUT2D eigenvalue weighted by Gasteiger charge is 2.02. The Kier molecular flexibility index (Phi) is 5.60. The molecular weight excluding hydrogens is 230 g/mol. The van der Waals surface area contributed by atoms with E-state index in [1.165, 1.54) is 6.08 Å². The summed E-state index contributed by atoms with van der Waals surface area (Å²) in [5.74, 6) is -0.313. The van der Waals surface area contributed by atoms with E-state index in [2.05, 4.69) is 10.6 Å². The van der Waals surface area contributed by atoms with Crippen molar-refractivity contribution in [1.82, 2.24) is 10.6 Å². The molecule has 0 saturated carbocycles. The molecule has 96 valence electrons. The Morgan fingerprint density at radius 3 is 2.50 bits per heavy atom. The van der Waals surface area contributed by atoms with Crippen LogP contribution in [0.5, 0.6) is 0 Å². The number of rotatable bonds is 5. The lowest BCUT2D eigenvalue weighted by Gasteiger charge is -2.04. The largest absolute Gasteiger partial charge is 0.355 e. The molecule has 1 aromatic carbocycles. The number of carbonyl (C=O) groups is 2. The van der Waals surface area contributed by atoms with E-state index < -0.39 is 0 Å². The van der Waals surface area contributed by atoms with Crippen molar-refractivity contribution < 1.29 is 9.59 Å². The first kappa shape index (κ1) is 13.9. The van der Waals surface area contributed by atoms with Crippen molar-refractivity contribution in [2.75, 3.05) is 13.6 Å². The summed E-state index contributed by atoms with van der Waals surface area (Å²) in [4.78, 5) is 22.6. The first-order valence-electron chi connectivity index (χ1n) is 5.63. The van der Waals surface area contributed by atoms with Crippen LogP contribution in [0.3, 0.4) is 0 Å². The van der Waals surface area contributed by atoms with Gasteiger partial charge in [-0.1, -0.05) is 18.2 Å². The Bertz CT molecular complexity index is 438. The quantitative estimate of drug-likeness (QED) is 0.649. The smallest absolute Gasteiger partial charge is 0.251 e. The molecule has 0 aliphatic heterocycles. The van der Waals surface area contributed by atoms with Gasteiger partial charge in [-0.15, -0.1) is 0 Å². The van der Waals surface area contributed by atoms with E-state index in [9.17, 15) is 9.59 Å². The predicted molar refractivity (Wildman–Crippen MR) is 69.9 cm³/mol. The number of hydrogen-bond acceptors (Lipinski definition) is 3. The maximum Gasteiger partial charge on any atom is 0.251 e. The fraction of sp³-hybridized carbons (Fsp3) is 0.231. The molecule has 0 aliphatic rings. The summed E-state index contributed by atoms with van der Waals surface area (Å²) in [6, 6.07) is 7.04. The van der Waals surface area contributed by atoms with Gasteiger partial charge >= 0.3 is 0 Å². The van der Waals surface area contributed by atoms with Crippen LogP contribution in [0.15, 0.2) is 36.4 Å². The topological polar surface area (TPSA) is 84.2 Å². The normalized spacial score (nSPS) is 10.3. The zero-order valence-electron chi connectivity index (χ0n) is 10.3. The van der Waals surface area contributed by atoms with Crippen LogP contribution in [0.2, 0.25) is 0 Å². The van der Waals surface area contributed by atoms with Gasteiger partial charge in [-0.3, -0.25) is 9.59 Å². The van der Waals surface area contributed by atoms with Crippen molar-refractivity contribution in [3.8, 4) is 0 Å². The molecule has 0 spiro atoms. The fourth-order valence-electron chi connectivity index (χ4n) is 1.34. The van der Waals surface area contributed by atoms with E-state index >= 15 is 0 Å². The van der Waals surface area contributed by atoms with Crippen LogP contribution in [0.25, 0.3) is 0 Å². The third-order valence-electron chi connectivity index (χ3n) is 2.32. The van der Waals surface area contributed by atoms with Crippen LogP contribution in [-0.4, -0.2) is 25.4 Å². The SMILES string of the molecule is CNC(=O)c1ccc(CNC(=O)/C=C/CN)cc1. The second-order valence-electron chi connectivity index (χ2n) is 3.63. The van der Waals surface area contributed by atoms with Gasteiger partial charge in [0.25, 0.3) is 5.91 Å². The zero-order chi connectivity index (χ0) is 13.4. The minimum atomic E-state index is -0.184. The lowest BCUT2D eigenvalue weighted by Crippen LogP contribution is -2.21. The van der Waals surface area contributed by atoms with E-state index in [1.54, 1.807) is 37.4 Å². The summed E-state index contributed by atoms with van der Waals surface area (Å²) >= 11 is 0. The molecule has 0 bridgehead atoms. The van der Waals surface area contributed by atoms with Gasteiger partial charge < -0.3 is 16.4 Å². The number of carbonyl (C=O) groups excluding carboxylic acids is 2. The fourth-order valence-corrected chi connectivity index (χ4v) is 1.34. The molecule has 0 radical (unpaired) electrons. The van der Waals surface area contributed by atoms with E-state index in [0.29, 0.717) is 18.7 Å². The Hall–Kier alpha value is -2.14. The first-order chi connectivity index (χ1) is 8.67. The van der Waals surface area contributed by atoms with E-state index in [4.69, 9.17) is 5.73 Å². The molecule has 0 heterocycles. The van der Waals surface area contributed by atoms with Crippen molar-refractivity contribution >= 4 is 11.8 Å². The predicted octanol–water partition coefficient (Wildman–Crippen LogP) is 0.177. The Balaban J connectivity index is 2.51. The summed E-state index contributed by atoms with van der Waals surface area (Å²) in [6.45, 7) is 0.760. The lowest BCUT2D eigenvalue weighted by molar-refractivity contribution is -0.116. The van der Waals surface area contributed by atoms with Gasteiger partial charge in [-0.05, 0) is 17.7 Å². The molecule has 1 rings (SSSR count). The van der Waals surface area contributed by atoms with Crippen molar-refractivity contribution in [1.29, 1.82) is 0 Å². The Morgan fingerprint density at radius 2 is 1.94 bits per heavy atom. The maximum atomic E-state index is 11.3. The second kappa shape index (κ2) is 7.24. The van der Waals surface area contributed by atoms with Gasteiger partial charge in [0.1, 0.15) is 0 Å². The van der Waals surface area contributed by atoms with Crippen LogP contribution >= 0.6 is 0 Å². The van der Waals surface area contributed by atoms with Crippen LogP contribution in [-0.2, 0) is 11.3 Å². The van der Waals surface area contributed by atoms with Crippen molar-refractivity contribution in [3.63, 3.8) is 0 Å². The summed E-state index contributed by atoms with van der Waals surface area (Å²) in [7, 11) is 1.58. The monoisotopic (exact) mass is 247 g/mol. The molecule has 0 fully saturated rings. The van der Waals surface area contributed by atoms with Crippen LogP contribution < -0.4 is 16.4 Å². The van der Waals surface area contributed by atoms with E-state index in [-0.39, 0.29) is 11.8 Å². The van der Waals surface area contributed by atoms with E-state index in [1.807, 2.05) is 0 Å². The third-order valence-corrected chi connectivity index (χ3v) is 2.32. The Labute approximate surface area is 106 Å². The molecule has 0 aromatic heterocycles. The summed E-state index contributed by atoms with van der Waals surface area (Å²) in [6.07, 6.45) is 2.99. The van der Waals surface area contributed by atoms with Gasteiger partial charge in [0.05, 0.1) is 0 Å². The standard InChI is InChI=1S/C13H17N3O2/c1-15-13(18)11-6-4-10(5-7-11)9-16-12(17)3-2-8-14/h2-7H,8-9,14H2,1H3,(H,15,18)(H,16,17)/b3-2+. The van der Waals surface area contributed by atoms with Gasteiger partial charge in [-0.25, -0.2) is 0 Å². The van der Waals surface area contributed by atoms with Gasteiger partial charge in [0, 0.05) is 31.8 Å². The highest BCUT2D eigenvalue weighted by Crippen LogP contribution is 2.04. The highest BCUT2D eigenvalue weighted by molar-refractivity contribution is 5.94. The third kappa shape index (κ3) is 4.39. The van der Waals surface area contributed by atoms with Gasteiger partial charge in [0.15, 0.2) is 0 Å². The van der Waals surface area contributed by atoms with Crippen molar-refractivity contribution in [2.24, 2.45) is 5.73 Å². The second-order valence-corrected chi connectivity index (χ2v) is 3.63. The van der Waals surface area contributed by atoms with Crippen LogP contribution in [0.4, 0.5) is 0 Å². The summed E-state index contributed by atoms with van der Waals surface area (Å²) in [5, 5.41) is 5.26. The average Bonchev–Trinajstić information content (AvgIpc) is 2.42. The molecule has 18 heavy (non-hydrogen) atoms. The molecule has 0 aliphatic carbocycles. The van der Waals surface area contributed by atoms with Gasteiger partial charge in [0.2, 0.25) is 5.91 Å². The number of amides is 2. The molecule has 4 N–H and O–H groups in total. The van der Waals surface area contributed by atoms with Gasteiger partial charge in [-0.2, -0.15) is 0 Å². The molecule has 5 nitrogen and oxygen atoms in total. The minimum Gasteiger partial charge on any atom is -0.355 e. The summed E-state index contributed by atoms with van der Waals surface area (Å²) in [5.41, 5.74) is 6.76. The van der Waals surface area contributed by atoms with Crippen molar-refractivity contribution in [3.05, 3.63) is 47.5 Å². The molecule has 5 heteroatoms. The number of benzene rings is 1. The number of hydrogen-bond donors (Lipinski definition) is 3. The number of nitrogens with two attached hydrogens (primary N) is 1. The Morgan fingerprint density at radius 1 is 1.28 bits per heavy atom. The van der Waals surface area contributed by atoms with Crippen LogP contribution in [0.1, 0.15) is 15.9 Å². The lowest BCUT2D eigenvalue weighted by atomic mass is 10.1.